The van der Waals surface area contributed by atoms with Crippen molar-refractivity contribution in [3.63, 3.8) is 0 Å². The van der Waals surface area contributed by atoms with Crippen molar-refractivity contribution in [2.45, 2.75) is 125 Å². The average Bonchev–Trinajstić information content (AvgIpc) is 3.87. The first-order valence-electron chi connectivity index (χ1n) is 23.1. The minimum Gasteiger partial charge on any atom is -0.370 e. The summed E-state index contributed by atoms with van der Waals surface area (Å²) in [6.45, 7) is 38.6. The van der Waals surface area contributed by atoms with Crippen LogP contribution in [-0.2, 0) is 0 Å². The summed E-state index contributed by atoms with van der Waals surface area (Å²) in [5.74, 6) is 1.98. The highest BCUT2D eigenvalue weighted by Crippen LogP contribution is 2.24. The smallest absolute Gasteiger partial charge is 0.0366 e. The standard InChI is InChI=1S/2C13H20N2.C8H18N2.C8H15N.C7H16N2/c2*1-10(2)11-3-5-13(6-4-11)15-8-7-12(14)9-15;1-8(2)10-6-4-9(3)5-7-10;1-7(2)8-3-5-9-6-4-8;1-7(2)9-5-3-8-4-6-9/h2*3-6,10,12H,7-9,14H2,1-2H3;8H,4-7H2,1-3H3;3,7,9H,4-6H2,1-2H3;7-8H,3-6H2,1-2H3/t2*12-;;;/m10.../s1. The van der Waals surface area contributed by atoms with Gasteiger partial charge in [0.25, 0.3) is 0 Å². The number of nitrogens with zero attached hydrogens (tertiary/aromatic N) is 5. The first-order valence-corrected chi connectivity index (χ1v) is 23.1. The number of hydrogen-bond acceptors (Lipinski definition) is 9. The van der Waals surface area contributed by atoms with E-state index in [0.717, 1.165) is 76.7 Å². The number of rotatable bonds is 7. The van der Waals surface area contributed by atoms with Gasteiger partial charge in [0.2, 0.25) is 0 Å². The van der Waals surface area contributed by atoms with E-state index in [0.29, 0.717) is 23.9 Å². The number of anilines is 2. The fourth-order valence-electron chi connectivity index (χ4n) is 7.89. The molecule has 5 heterocycles. The minimum atomic E-state index is 0.356. The van der Waals surface area contributed by atoms with E-state index in [4.69, 9.17) is 11.5 Å². The molecule has 0 radical (unpaired) electrons. The molecule has 5 aliphatic rings. The first-order chi connectivity index (χ1) is 27.6. The number of nitrogens with two attached hydrogens (primary N) is 2. The van der Waals surface area contributed by atoms with Crippen molar-refractivity contribution in [2.75, 3.05) is 108 Å². The number of piperazine rings is 2. The molecule has 330 valence electrons. The van der Waals surface area contributed by atoms with Crippen LogP contribution in [0.2, 0.25) is 0 Å². The fourth-order valence-corrected chi connectivity index (χ4v) is 7.89. The highest BCUT2D eigenvalue weighted by Gasteiger charge is 2.20. The van der Waals surface area contributed by atoms with Crippen molar-refractivity contribution in [3.8, 4) is 0 Å². The second-order valence-electron chi connectivity index (χ2n) is 18.7. The predicted molar refractivity (Wildman–Crippen MR) is 255 cm³/mol. The lowest BCUT2D eigenvalue weighted by atomic mass is 9.98. The van der Waals surface area contributed by atoms with Crippen molar-refractivity contribution in [3.05, 3.63) is 71.3 Å². The molecule has 0 spiro atoms. The van der Waals surface area contributed by atoms with Gasteiger partial charge in [-0.05, 0) is 114 Å². The predicted octanol–water partition coefficient (Wildman–Crippen LogP) is 7.20. The topological polar surface area (TPSA) is 92.3 Å². The van der Waals surface area contributed by atoms with Crippen LogP contribution in [-0.4, -0.2) is 138 Å². The Morgan fingerprint density at radius 3 is 1.24 bits per heavy atom. The molecule has 0 saturated carbocycles. The van der Waals surface area contributed by atoms with Crippen LogP contribution >= 0.6 is 0 Å². The molecule has 2 atom stereocenters. The van der Waals surface area contributed by atoms with E-state index in [9.17, 15) is 0 Å². The molecular weight excluding hydrogens is 715 g/mol. The van der Waals surface area contributed by atoms with Crippen LogP contribution in [0.1, 0.15) is 111 Å². The van der Waals surface area contributed by atoms with Gasteiger partial charge >= 0.3 is 0 Å². The van der Waals surface area contributed by atoms with Gasteiger partial charge in [-0.1, -0.05) is 77.5 Å². The Morgan fingerprint density at radius 1 is 0.517 bits per heavy atom. The van der Waals surface area contributed by atoms with E-state index in [1.165, 1.54) is 74.7 Å². The molecule has 5 aliphatic heterocycles. The Kier molecular flexibility index (Phi) is 22.9. The highest BCUT2D eigenvalue weighted by atomic mass is 15.3. The lowest BCUT2D eigenvalue weighted by molar-refractivity contribution is 0.126. The van der Waals surface area contributed by atoms with E-state index in [1.54, 1.807) is 5.57 Å². The number of hydrogen-bond donors (Lipinski definition) is 4. The molecule has 4 fully saturated rings. The van der Waals surface area contributed by atoms with E-state index in [2.05, 4.69) is 166 Å². The summed E-state index contributed by atoms with van der Waals surface area (Å²) in [6, 6.07) is 19.9. The first kappa shape index (κ1) is 49.9. The zero-order chi connectivity index (χ0) is 42.6. The molecule has 2 aromatic carbocycles. The van der Waals surface area contributed by atoms with Gasteiger partial charge in [-0.3, -0.25) is 9.80 Å². The molecule has 2 aromatic rings. The summed E-state index contributed by atoms with van der Waals surface area (Å²) in [7, 11) is 2.19. The highest BCUT2D eigenvalue weighted by molar-refractivity contribution is 5.50. The lowest BCUT2D eigenvalue weighted by Gasteiger charge is -2.34. The van der Waals surface area contributed by atoms with Crippen molar-refractivity contribution in [1.82, 2.24) is 25.3 Å². The third-order valence-electron chi connectivity index (χ3n) is 12.3. The Hall–Kier alpha value is -2.50. The SMILES string of the molecule is CC(C)C1=CCNCC1.CC(C)N1CCN(C)CC1.CC(C)N1CCNCC1.CC(C)c1ccc(N2CC[C@@H](N)C2)cc1.CC(C)c1ccc(N2CC[C@H](N)C2)cc1. The Balaban J connectivity index is 0.000000198. The molecule has 0 amide bonds. The van der Waals surface area contributed by atoms with Crippen molar-refractivity contribution < 1.29 is 0 Å². The normalized spacial score (nSPS) is 21.9. The molecule has 6 N–H and O–H groups in total. The van der Waals surface area contributed by atoms with E-state index < -0.39 is 0 Å². The summed E-state index contributed by atoms with van der Waals surface area (Å²) in [5.41, 5.74) is 18.9. The summed E-state index contributed by atoms with van der Waals surface area (Å²) < 4.78 is 0. The summed E-state index contributed by atoms with van der Waals surface area (Å²) >= 11 is 0. The third kappa shape index (κ3) is 18.4. The fraction of sp³-hybridized carbons (Fsp3) is 0.714. The molecule has 0 aliphatic carbocycles. The van der Waals surface area contributed by atoms with Crippen LogP contribution in [0.3, 0.4) is 0 Å². The third-order valence-corrected chi connectivity index (χ3v) is 12.3. The molecule has 9 heteroatoms. The molecule has 58 heavy (non-hydrogen) atoms. The number of nitrogens with one attached hydrogen (secondary N) is 2. The molecule has 4 saturated heterocycles. The van der Waals surface area contributed by atoms with Gasteiger partial charge in [-0.25, -0.2) is 0 Å². The second-order valence-corrected chi connectivity index (χ2v) is 18.7. The van der Waals surface area contributed by atoms with Gasteiger partial charge in [0, 0.05) is 121 Å². The summed E-state index contributed by atoms with van der Waals surface area (Å²) in [5, 5.41) is 6.62. The monoisotopic (exact) mass is 804 g/mol. The van der Waals surface area contributed by atoms with Crippen molar-refractivity contribution in [2.24, 2.45) is 17.4 Å². The van der Waals surface area contributed by atoms with Crippen LogP contribution in [0, 0.1) is 5.92 Å². The summed E-state index contributed by atoms with van der Waals surface area (Å²) in [4.78, 5) is 12.2. The van der Waals surface area contributed by atoms with E-state index in [-0.39, 0.29) is 0 Å². The molecular formula is C49H89N9. The molecule has 7 rings (SSSR count). The average molecular weight is 804 g/mol. The molecule has 0 unspecified atom stereocenters. The van der Waals surface area contributed by atoms with Crippen LogP contribution in [0.15, 0.2) is 60.2 Å². The molecule has 0 aromatic heterocycles. The second kappa shape index (κ2) is 26.7. The Morgan fingerprint density at radius 2 is 0.948 bits per heavy atom. The van der Waals surface area contributed by atoms with E-state index in [1.807, 2.05) is 0 Å². The minimum absolute atomic E-state index is 0.356. The van der Waals surface area contributed by atoms with Crippen molar-refractivity contribution in [1.29, 1.82) is 0 Å². The maximum Gasteiger partial charge on any atom is 0.0366 e. The van der Waals surface area contributed by atoms with Crippen LogP contribution in [0.4, 0.5) is 11.4 Å². The van der Waals surface area contributed by atoms with Gasteiger partial charge in [-0.2, -0.15) is 0 Å². The summed E-state index contributed by atoms with van der Waals surface area (Å²) in [6.07, 6.45) is 5.80. The van der Waals surface area contributed by atoms with Gasteiger partial charge in [-0.15, -0.1) is 0 Å². The maximum absolute atomic E-state index is 5.90. The van der Waals surface area contributed by atoms with E-state index >= 15 is 0 Å². The Labute approximate surface area is 357 Å². The number of likely N-dealkylation sites (N-methyl/N-ethyl adjacent to an activating group) is 1. The quantitative estimate of drug-likeness (QED) is 0.217. The van der Waals surface area contributed by atoms with Crippen LogP contribution < -0.4 is 31.9 Å². The van der Waals surface area contributed by atoms with Crippen molar-refractivity contribution >= 4 is 11.4 Å². The van der Waals surface area contributed by atoms with Crippen LogP contribution in [0.25, 0.3) is 0 Å². The zero-order valence-corrected chi connectivity index (χ0v) is 39.1. The molecule has 0 bridgehead atoms. The molecule has 9 nitrogen and oxygen atoms in total. The largest absolute Gasteiger partial charge is 0.370 e. The zero-order valence-electron chi connectivity index (χ0n) is 39.1. The maximum atomic E-state index is 5.90. The van der Waals surface area contributed by atoms with Gasteiger partial charge in [0.05, 0.1) is 0 Å². The van der Waals surface area contributed by atoms with Crippen LogP contribution in [0.5, 0.6) is 0 Å². The van der Waals surface area contributed by atoms with Gasteiger partial charge in [0.1, 0.15) is 0 Å². The lowest BCUT2D eigenvalue weighted by Crippen LogP contribution is -2.47. The van der Waals surface area contributed by atoms with Gasteiger partial charge in [0.15, 0.2) is 0 Å². The van der Waals surface area contributed by atoms with Gasteiger partial charge < -0.3 is 36.8 Å². The number of benzene rings is 2. The Bertz CT molecular complexity index is 1310.